The molecule has 1 aromatic rings. The summed E-state index contributed by atoms with van der Waals surface area (Å²) in [6.45, 7) is 4.42. The van der Waals surface area contributed by atoms with Gasteiger partial charge in [0.25, 0.3) is 0 Å². The number of carbonyl (C=O) groups is 2. The van der Waals surface area contributed by atoms with Crippen LogP contribution in [0.3, 0.4) is 0 Å². The van der Waals surface area contributed by atoms with Crippen LogP contribution in [0, 0.1) is 5.92 Å². The van der Waals surface area contributed by atoms with Gasteiger partial charge in [0.2, 0.25) is 0 Å². The first-order valence-corrected chi connectivity index (χ1v) is 6.13. The Labute approximate surface area is 109 Å². The van der Waals surface area contributed by atoms with Crippen molar-refractivity contribution in [1.29, 1.82) is 0 Å². The van der Waals surface area contributed by atoms with Crippen molar-refractivity contribution < 1.29 is 9.59 Å². The highest BCUT2D eigenvalue weighted by atomic mass is 79.9. The quantitative estimate of drug-likeness (QED) is 0.840. The number of amides is 2. The molecule has 0 aliphatic rings. The van der Waals surface area contributed by atoms with Gasteiger partial charge in [0, 0.05) is 11.0 Å². The molecular formula is C12H15BrN2O2. The topological polar surface area (TPSA) is 58.2 Å². The van der Waals surface area contributed by atoms with Crippen molar-refractivity contribution >= 4 is 33.4 Å². The Kier molecular flexibility index (Phi) is 5.15. The molecule has 5 heteroatoms. The normalized spacial score (nSPS) is 10.1. The molecule has 0 spiro atoms. The van der Waals surface area contributed by atoms with E-state index in [2.05, 4.69) is 26.6 Å². The van der Waals surface area contributed by atoms with Gasteiger partial charge in [-0.2, -0.15) is 0 Å². The van der Waals surface area contributed by atoms with Crippen LogP contribution in [0.25, 0.3) is 0 Å². The number of carbonyl (C=O) groups excluding carboxylic acids is 2. The Bertz CT molecular complexity index is 419. The van der Waals surface area contributed by atoms with Crippen molar-refractivity contribution in [2.45, 2.75) is 13.8 Å². The number of halogens is 1. The monoisotopic (exact) mass is 298 g/mol. The molecule has 0 atom stereocenters. The van der Waals surface area contributed by atoms with E-state index in [0.717, 1.165) is 4.47 Å². The summed E-state index contributed by atoms with van der Waals surface area (Å²) in [4.78, 5) is 23.0. The SMILES string of the molecule is CC(C)CNC(=O)C(=O)Nc1ccccc1Br. The molecule has 1 aromatic carbocycles. The van der Waals surface area contributed by atoms with Crippen molar-refractivity contribution in [2.75, 3.05) is 11.9 Å². The predicted octanol–water partition coefficient (Wildman–Crippen LogP) is 2.16. The van der Waals surface area contributed by atoms with E-state index in [1.54, 1.807) is 18.2 Å². The molecular weight excluding hydrogens is 284 g/mol. The van der Waals surface area contributed by atoms with Gasteiger partial charge in [0.1, 0.15) is 0 Å². The van der Waals surface area contributed by atoms with Gasteiger partial charge in [-0.3, -0.25) is 9.59 Å². The highest BCUT2D eigenvalue weighted by Crippen LogP contribution is 2.20. The van der Waals surface area contributed by atoms with E-state index in [-0.39, 0.29) is 0 Å². The fourth-order valence-corrected chi connectivity index (χ4v) is 1.50. The van der Waals surface area contributed by atoms with Crippen LogP contribution in [-0.4, -0.2) is 18.4 Å². The van der Waals surface area contributed by atoms with Crippen molar-refractivity contribution in [3.63, 3.8) is 0 Å². The van der Waals surface area contributed by atoms with E-state index in [4.69, 9.17) is 0 Å². The zero-order valence-electron chi connectivity index (χ0n) is 9.79. The maximum Gasteiger partial charge on any atom is 0.313 e. The summed E-state index contributed by atoms with van der Waals surface area (Å²) in [5, 5.41) is 5.09. The number of anilines is 1. The predicted molar refractivity (Wildman–Crippen MR) is 70.6 cm³/mol. The first kappa shape index (κ1) is 13.7. The van der Waals surface area contributed by atoms with E-state index in [9.17, 15) is 9.59 Å². The first-order valence-electron chi connectivity index (χ1n) is 5.34. The number of hydrogen-bond donors (Lipinski definition) is 2. The lowest BCUT2D eigenvalue weighted by atomic mass is 10.2. The Morgan fingerprint density at radius 1 is 1.24 bits per heavy atom. The number of rotatable bonds is 3. The lowest BCUT2D eigenvalue weighted by molar-refractivity contribution is -0.136. The summed E-state index contributed by atoms with van der Waals surface area (Å²) in [7, 11) is 0. The summed E-state index contributed by atoms with van der Waals surface area (Å²) < 4.78 is 0.741. The second-order valence-electron chi connectivity index (χ2n) is 4.04. The number of hydrogen-bond acceptors (Lipinski definition) is 2. The second kappa shape index (κ2) is 6.39. The standard InChI is InChI=1S/C12H15BrN2O2/c1-8(2)7-14-11(16)12(17)15-10-6-4-3-5-9(10)13/h3-6,8H,7H2,1-2H3,(H,14,16)(H,15,17). The van der Waals surface area contributed by atoms with Gasteiger partial charge < -0.3 is 10.6 Å². The van der Waals surface area contributed by atoms with Crippen molar-refractivity contribution in [2.24, 2.45) is 5.92 Å². The zero-order chi connectivity index (χ0) is 12.8. The Morgan fingerprint density at radius 3 is 2.47 bits per heavy atom. The van der Waals surface area contributed by atoms with Crippen molar-refractivity contribution in [3.8, 4) is 0 Å². The third-order valence-corrected chi connectivity index (χ3v) is 2.69. The van der Waals surface area contributed by atoms with E-state index < -0.39 is 11.8 Å². The Hall–Kier alpha value is -1.36. The van der Waals surface area contributed by atoms with Gasteiger partial charge >= 0.3 is 11.8 Å². The molecule has 0 saturated heterocycles. The van der Waals surface area contributed by atoms with E-state index >= 15 is 0 Å². The van der Waals surface area contributed by atoms with Crippen LogP contribution in [0.15, 0.2) is 28.7 Å². The van der Waals surface area contributed by atoms with Crippen molar-refractivity contribution in [3.05, 3.63) is 28.7 Å². The maximum absolute atomic E-state index is 11.5. The van der Waals surface area contributed by atoms with Crippen LogP contribution in [0.5, 0.6) is 0 Å². The minimum absolute atomic E-state index is 0.315. The first-order chi connectivity index (χ1) is 8.00. The van der Waals surface area contributed by atoms with E-state index in [1.165, 1.54) is 0 Å². The largest absolute Gasteiger partial charge is 0.348 e. The summed E-state index contributed by atoms with van der Waals surface area (Å²) in [6.07, 6.45) is 0. The van der Waals surface area contributed by atoms with Crippen LogP contribution in [0.2, 0.25) is 0 Å². The maximum atomic E-state index is 11.5. The van der Waals surface area contributed by atoms with Gasteiger partial charge in [0.15, 0.2) is 0 Å². The van der Waals surface area contributed by atoms with Gasteiger partial charge in [-0.25, -0.2) is 0 Å². The number of nitrogens with one attached hydrogen (secondary N) is 2. The third kappa shape index (κ3) is 4.56. The fourth-order valence-electron chi connectivity index (χ4n) is 1.12. The summed E-state index contributed by atoms with van der Waals surface area (Å²) >= 11 is 3.29. The summed E-state index contributed by atoms with van der Waals surface area (Å²) in [5.41, 5.74) is 0.581. The van der Waals surface area contributed by atoms with Crippen LogP contribution in [0.4, 0.5) is 5.69 Å². The molecule has 1 rings (SSSR count). The molecule has 0 fully saturated rings. The Morgan fingerprint density at radius 2 is 1.88 bits per heavy atom. The average molecular weight is 299 g/mol. The molecule has 17 heavy (non-hydrogen) atoms. The minimum Gasteiger partial charge on any atom is -0.348 e. The number of benzene rings is 1. The molecule has 2 N–H and O–H groups in total. The third-order valence-electron chi connectivity index (χ3n) is 2.00. The molecule has 0 saturated carbocycles. The van der Waals surface area contributed by atoms with Crippen molar-refractivity contribution in [1.82, 2.24) is 5.32 Å². The Balaban J connectivity index is 2.55. The smallest absolute Gasteiger partial charge is 0.313 e. The molecule has 0 aromatic heterocycles. The average Bonchev–Trinajstić information content (AvgIpc) is 2.28. The highest BCUT2D eigenvalue weighted by Gasteiger charge is 2.14. The molecule has 4 nitrogen and oxygen atoms in total. The second-order valence-corrected chi connectivity index (χ2v) is 4.89. The van der Waals surface area contributed by atoms with Gasteiger partial charge in [-0.15, -0.1) is 0 Å². The van der Waals surface area contributed by atoms with Gasteiger partial charge in [0.05, 0.1) is 5.69 Å². The van der Waals surface area contributed by atoms with Gasteiger partial charge in [-0.1, -0.05) is 26.0 Å². The summed E-state index contributed by atoms with van der Waals surface area (Å²) in [5.74, 6) is -0.956. The minimum atomic E-state index is -0.655. The molecule has 0 heterocycles. The highest BCUT2D eigenvalue weighted by molar-refractivity contribution is 9.10. The van der Waals surface area contributed by atoms with Crippen LogP contribution in [0.1, 0.15) is 13.8 Å². The molecule has 0 aliphatic heterocycles. The zero-order valence-corrected chi connectivity index (χ0v) is 11.4. The van der Waals surface area contributed by atoms with E-state index in [1.807, 2.05) is 19.9 Å². The lowest BCUT2D eigenvalue weighted by Crippen LogP contribution is -2.37. The van der Waals surface area contributed by atoms with Crippen LogP contribution >= 0.6 is 15.9 Å². The molecule has 2 amide bonds. The lowest BCUT2D eigenvalue weighted by Gasteiger charge is -2.09. The number of para-hydroxylation sites is 1. The van der Waals surface area contributed by atoms with E-state index in [0.29, 0.717) is 18.2 Å². The molecule has 0 radical (unpaired) electrons. The fraction of sp³-hybridized carbons (Fsp3) is 0.333. The summed E-state index contributed by atoms with van der Waals surface area (Å²) in [6, 6.07) is 7.13. The van der Waals surface area contributed by atoms with Gasteiger partial charge in [-0.05, 0) is 34.0 Å². The van der Waals surface area contributed by atoms with Crippen LogP contribution in [-0.2, 0) is 9.59 Å². The molecule has 92 valence electrons. The molecule has 0 aliphatic carbocycles. The molecule has 0 bridgehead atoms. The van der Waals surface area contributed by atoms with Crippen LogP contribution < -0.4 is 10.6 Å². The molecule has 0 unspecified atom stereocenters.